The fraction of sp³-hybridized carbons (Fsp3) is 0.389. The molecule has 4 rings (SSSR count). The Morgan fingerprint density at radius 3 is 2.84 bits per heavy atom. The molecule has 1 aliphatic heterocycles. The summed E-state index contributed by atoms with van der Waals surface area (Å²) in [7, 11) is 0. The molecule has 1 aliphatic carbocycles. The number of carbonyl (C=O) groups is 1. The van der Waals surface area contributed by atoms with Gasteiger partial charge in [0.1, 0.15) is 6.04 Å². The monoisotopic (exact) mass is 342 g/mol. The second-order valence-corrected chi connectivity index (χ2v) is 6.82. The van der Waals surface area contributed by atoms with Gasteiger partial charge in [-0.05, 0) is 11.8 Å². The molecule has 0 radical (unpaired) electrons. The third-order valence-corrected chi connectivity index (χ3v) is 5.24. The first-order valence-electron chi connectivity index (χ1n) is 8.10. The van der Waals surface area contributed by atoms with Gasteiger partial charge in [0.25, 0.3) is 5.92 Å². The quantitative estimate of drug-likeness (QED) is 0.897. The Bertz CT molecular complexity index is 889. The van der Waals surface area contributed by atoms with Crippen LogP contribution in [0.2, 0.25) is 0 Å². The molecule has 2 heterocycles. The van der Waals surface area contributed by atoms with Crippen LogP contribution in [0.4, 0.5) is 8.78 Å². The van der Waals surface area contributed by atoms with E-state index in [9.17, 15) is 18.8 Å². The Kier molecular flexibility index (Phi) is 3.48. The third-order valence-electron chi connectivity index (χ3n) is 5.24. The zero-order valence-electron chi connectivity index (χ0n) is 13.3. The van der Waals surface area contributed by atoms with Crippen LogP contribution >= 0.6 is 0 Å². The normalized spacial score (nSPS) is 27.8. The fourth-order valence-electron chi connectivity index (χ4n) is 3.63. The molecule has 2 aliphatic rings. The molecule has 2 aromatic rings. The number of pyridine rings is 1. The van der Waals surface area contributed by atoms with E-state index >= 15 is 0 Å². The summed E-state index contributed by atoms with van der Waals surface area (Å²) in [4.78, 5) is 16.6. The molecule has 25 heavy (non-hydrogen) atoms. The summed E-state index contributed by atoms with van der Waals surface area (Å²) in [5.74, 6) is -3.12. The summed E-state index contributed by atoms with van der Waals surface area (Å²) in [5.41, 5.74) is -0.489. The van der Waals surface area contributed by atoms with Crippen LogP contribution in [-0.4, -0.2) is 29.4 Å². The van der Waals surface area contributed by atoms with Gasteiger partial charge in [-0.3, -0.25) is 9.78 Å². The van der Waals surface area contributed by atoms with Gasteiger partial charge in [0, 0.05) is 36.3 Å². The highest BCUT2D eigenvalue weighted by Crippen LogP contribution is 2.64. The second kappa shape index (κ2) is 5.46. The second-order valence-electron chi connectivity index (χ2n) is 6.82. The fourth-order valence-corrected chi connectivity index (χ4v) is 3.63. The van der Waals surface area contributed by atoms with Crippen molar-refractivity contribution in [1.29, 1.82) is 5.26 Å². The number of rotatable bonds is 3. The number of halogens is 2. The Morgan fingerprint density at radius 2 is 2.16 bits per heavy atom. The first-order chi connectivity index (χ1) is 12.0. The molecule has 2 fully saturated rings. The number of benzene rings is 1. The number of alkyl halides is 2. The number of carbonyl (C=O) groups excluding carboxylic acids is 1. The largest absolute Gasteiger partial charge is 0.335 e. The van der Waals surface area contributed by atoms with Crippen molar-refractivity contribution < 1.29 is 13.6 Å². The highest BCUT2D eigenvalue weighted by molar-refractivity contribution is 5.87. The number of hydrogen-bond donors (Lipinski definition) is 2. The number of hydrogen-bond acceptors (Lipinski definition) is 4. The van der Waals surface area contributed by atoms with Crippen LogP contribution in [0.15, 0.2) is 36.7 Å². The van der Waals surface area contributed by atoms with Gasteiger partial charge in [-0.2, -0.15) is 5.26 Å². The average Bonchev–Trinajstić information content (AvgIpc) is 2.94. The predicted molar refractivity (Wildman–Crippen MR) is 86.6 cm³/mol. The predicted octanol–water partition coefficient (Wildman–Crippen LogP) is 2.30. The van der Waals surface area contributed by atoms with E-state index in [1.54, 1.807) is 12.4 Å². The molecule has 1 unspecified atom stereocenters. The van der Waals surface area contributed by atoms with Crippen LogP contribution in [-0.2, 0) is 4.79 Å². The molecule has 1 aromatic carbocycles. The lowest BCUT2D eigenvalue weighted by Crippen LogP contribution is -2.41. The SMILES string of the molecule is N#CC(NC(=O)[C@@H]1C[C@]2(CN1)CC2(F)F)c1cncc2ccccc12. The van der Waals surface area contributed by atoms with E-state index in [2.05, 4.69) is 21.7 Å². The smallest absolute Gasteiger partial charge is 0.255 e. The number of nitrogens with one attached hydrogen (secondary N) is 2. The lowest BCUT2D eigenvalue weighted by atomic mass is 10.00. The summed E-state index contributed by atoms with van der Waals surface area (Å²) >= 11 is 0. The van der Waals surface area contributed by atoms with Gasteiger partial charge in [-0.1, -0.05) is 24.3 Å². The minimum atomic E-state index is -2.69. The Morgan fingerprint density at radius 1 is 1.40 bits per heavy atom. The number of aromatic nitrogens is 1. The van der Waals surface area contributed by atoms with E-state index in [4.69, 9.17) is 0 Å². The molecule has 5 nitrogen and oxygen atoms in total. The van der Waals surface area contributed by atoms with Crippen molar-refractivity contribution >= 4 is 16.7 Å². The minimum Gasteiger partial charge on any atom is -0.335 e. The summed E-state index contributed by atoms with van der Waals surface area (Å²) in [5, 5.41) is 16.7. The van der Waals surface area contributed by atoms with Gasteiger partial charge < -0.3 is 10.6 Å². The molecule has 0 bridgehead atoms. The van der Waals surface area contributed by atoms with Crippen LogP contribution < -0.4 is 10.6 Å². The Hall–Kier alpha value is -2.59. The van der Waals surface area contributed by atoms with E-state index in [-0.39, 0.29) is 19.4 Å². The zero-order valence-corrected chi connectivity index (χ0v) is 13.3. The van der Waals surface area contributed by atoms with Gasteiger partial charge >= 0.3 is 0 Å². The maximum atomic E-state index is 13.5. The Labute approximate surface area is 143 Å². The molecular formula is C18H16F2N4O. The molecule has 1 saturated carbocycles. The minimum absolute atomic E-state index is 0.0950. The maximum absolute atomic E-state index is 13.5. The van der Waals surface area contributed by atoms with E-state index in [0.29, 0.717) is 5.56 Å². The number of nitrogens with zero attached hydrogens (tertiary/aromatic N) is 2. The molecule has 7 heteroatoms. The van der Waals surface area contributed by atoms with Gasteiger partial charge in [0.2, 0.25) is 5.91 Å². The molecule has 3 atom stereocenters. The van der Waals surface area contributed by atoms with Gasteiger partial charge in [0.15, 0.2) is 0 Å². The number of amides is 1. The molecule has 1 aromatic heterocycles. The third kappa shape index (κ3) is 2.53. The Balaban J connectivity index is 1.53. The summed E-state index contributed by atoms with van der Waals surface area (Å²) in [6.07, 6.45) is 3.16. The molecule has 1 amide bonds. The highest BCUT2D eigenvalue weighted by Gasteiger charge is 2.73. The van der Waals surface area contributed by atoms with Crippen molar-refractivity contribution in [3.05, 3.63) is 42.2 Å². The summed E-state index contributed by atoms with van der Waals surface area (Å²) in [6.45, 7) is 0.130. The van der Waals surface area contributed by atoms with E-state index < -0.39 is 29.3 Å². The van der Waals surface area contributed by atoms with E-state index in [0.717, 1.165) is 10.8 Å². The van der Waals surface area contributed by atoms with Crippen LogP contribution in [0.1, 0.15) is 24.4 Å². The zero-order chi connectivity index (χ0) is 17.7. The van der Waals surface area contributed by atoms with Crippen LogP contribution in [0, 0.1) is 16.7 Å². The summed E-state index contributed by atoms with van der Waals surface area (Å²) in [6, 6.07) is 7.93. The van der Waals surface area contributed by atoms with Crippen LogP contribution in [0.5, 0.6) is 0 Å². The topological polar surface area (TPSA) is 77.8 Å². The number of nitriles is 1. The molecule has 1 spiro atoms. The van der Waals surface area contributed by atoms with Crippen LogP contribution in [0.3, 0.4) is 0 Å². The van der Waals surface area contributed by atoms with Crippen molar-refractivity contribution in [3.63, 3.8) is 0 Å². The highest BCUT2D eigenvalue weighted by atomic mass is 19.3. The molecular weight excluding hydrogens is 326 g/mol. The first-order valence-corrected chi connectivity index (χ1v) is 8.10. The van der Waals surface area contributed by atoms with Gasteiger partial charge in [-0.25, -0.2) is 8.78 Å². The van der Waals surface area contributed by atoms with Gasteiger partial charge in [-0.15, -0.1) is 0 Å². The first kappa shape index (κ1) is 15.9. The van der Waals surface area contributed by atoms with Crippen molar-refractivity contribution in [1.82, 2.24) is 15.6 Å². The maximum Gasteiger partial charge on any atom is 0.255 e. The van der Waals surface area contributed by atoms with Crippen molar-refractivity contribution in [2.24, 2.45) is 5.41 Å². The van der Waals surface area contributed by atoms with E-state index in [1.807, 2.05) is 24.3 Å². The van der Waals surface area contributed by atoms with Crippen molar-refractivity contribution in [2.75, 3.05) is 6.54 Å². The number of fused-ring (bicyclic) bond motifs is 1. The molecule has 128 valence electrons. The lowest BCUT2D eigenvalue weighted by molar-refractivity contribution is -0.123. The van der Waals surface area contributed by atoms with Gasteiger partial charge in [0.05, 0.1) is 17.5 Å². The lowest BCUT2D eigenvalue weighted by Gasteiger charge is -2.17. The summed E-state index contributed by atoms with van der Waals surface area (Å²) < 4.78 is 26.9. The van der Waals surface area contributed by atoms with E-state index in [1.165, 1.54) is 0 Å². The van der Waals surface area contributed by atoms with Crippen LogP contribution in [0.25, 0.3) is 10.8 Å². The van der Waals surface area contributed by atoms with Crippen molar-refractivity contribution in [3.8, 4) is 6.07 Å². The van der Waals surface area contributed by atoms with Crippen molar-refractivity contribution in [2.45, 2.75) is 30.8 Å². The molecule has 1 saturated heterocycles. The standard InChI is InChI=1S/C18H16F2N4O/c19-18(20)9-17(18)5-14(23-10-17)16(25)24-15(6-21)13-8-22-7-11-3-1-2-4-12(11)13/h1-4,7-8,14-15,23H,5,9-10H2,(H,24,25)/t14-,15?,17+/m0/s1. The molecule has 2 N–H and O–H groups in total. The average molecular weight is 342 g/mol.